The lowest BCUT2D eigenvalue weighted by molar-refractivity contribution is 0.587. The van der Waals surface area contributed by atoms with Crippen LogP contribution in [0.4, 0.5) is 0 Å². The summed E-state index contributed by atoms with van der Waals surface area (Å²) in [5.74, 6) is 0.812. The van der Waals surface area contributed by atoms with Gasteiger partial charge in [0.15, 0.2) is 0 Å². The molecule has 0 atom stereocenters. The molecule has 1 aromatic rings. The van der Waals surface area contributed by atoms with Gasteiger partial charge in [-0.3, -0.25) is 0 Å². The summed E-state index contributed by atoms with van der Waals surface area (Å²) in [4.78, 5) is 4.65. The maximum absolute atomic E-state index is 4.65. The van der Waals surface area contributed by atoms with Crippen LogP contribution in [0.1, 0.15) is 43.3 Å². The second-order valence-electron chi connectivity index (χ2n) is 4.31. The standard InChI is InChI=1S/C11H18N2S/c1-8(2)12-6-5-10-7-14-11(13-10)9-3-4-9/h7-9,12H,3-6H2,1-2H3. The molecule has 1 heterocycles. The van der Waals surface area contributed by atoms with Gasteiger partial charge < -0.3 is 5.32 Å². The smallest absolute Gasteiger partial charge is 0.0959 e. The molecular formula is C11H18N2S. The molecule has 0 radical (unpaired) electrons. The summed E-state index contributed by atoms with van der Waals surface area (Å²) in [5.41, 5.74) is 1.27. The van der Waals surface area contributed by atoms with Crippen molar-refractivity contribution < 1.29 is 0 Å². The van der Waals surface area contributed by atoms with Crippen molar-refractivity contribution in [3.63, 3.8) is 0 Å². The van der Waals surface area contributed by atoms with E-state index in [0.29, 0.717) is 6.04 Å². The molecule has 3 heteroatoms. The van der Waals surface area contributed by atoms with Crippen LogP contribution in [0.15, 0.2) is 5.38 Å². The number of nitrogens with zero attached hydrogens (tertiary/aromatic N) is 1. The zero-order valence-corrected chi connectivity index (χ0v) is 9.73. The van der Waals surface area contributed by atoms with Crippen molar-refractivity contribution in [3.8, 4) is 0 Å². The van der Waals surface area contributed by atoms with E-state index in [0.717, 1.165) is 18.9 Å². The van der Waals surface area contributed by atoms with E-state index in [1.54, 1.807) is 0 Å². The van der Waals surface area contributed by atoms with Crippen molar-refractivity contribution in [1.29, 1.82) is 0 Å². The zero-order chi connectivity index (χ0) is 9.97. The Morgan fingerprint density at radius 2 is 2.36 bits per heavy atom. The highest BCUT2D eigenvalue weighted by Crippen LogP contribution is 2.41. The van der Waals surface area contributed by atoms with Crippen molar-refractivity contribution in [1.82, 2.24) is 10.3 Å². The molecule has 14 heavy (non-hydrogen) atoms. The number of aromatic nitrogens is 1. The monoisotopic (exact) mass is 210 g/mol. The van der Waals surface area contributed by atoms with Crippen LogP contribution in [0.2, 0.25) is 0 Å². The molecule has 0 saturated heterocycles. The predicted octanol–water partition coefficient (Wildman–Crippen LogP) is 2.56. The van der Waals surface area contributed by atoms with Crippen molar-refractivity contribution in [2.24, 2.45) is 0 Å². The fourth-order valence-electron chi connectivity index (χ4n) is 1.44. The minimum Gasteiger partial charge on any atom is -0.314 e. The van der Waals surface area contributed by atoms with Gasteiger partial charge in [0.25, 0.3) is 0 Å². The molecular weight excluding hydrogens is 192 g/mol. The van der Waals surface area contributed by atoms with Gasteiger partial charge in [0.05, 0.1) is 10.7 Å². The Bertz CT molecular complexity index is 289. The van der Waals surface area contributed by atoms with Crippen LogP contribution in [0, 0.1) is 0 Å². The average molecular weight is 210 g/mol. The third-order valence-electron chi connectivity index (χ3n) is 2.43. The Labute approximate surface area is 89.8 Å². The summed E-state index contributed by atoms with van der Waals surface area (Å²) in [6.07, 6.45) is 3.79. The predicted molar refractivity (Wildman–Crippen MR) is 60.9 cm³/mol. The number of nitrogens with one attached hydrogen (secondary N) is 1. The topological polar surface area (TPSA) is 24.9 Å². The molecule has 1 saturated carbocycles. The molecule has 0 bridgehead atoms. The molecule has 0 aromatic carbocycles. The van der Waals surface area contributed by atoms with Gasteiger partial charge in [-0.1, -0.05) is 13.8 Å². The van der Waals surface area contributed by atoms with Crippen LogP contribution in [0.25, 0.3) is 0 Å². The molecule has 0 amide bonds. The Morgan fingerprint density at radius 1 is 1.57 bits per heavy atom. The molecule has 1 aliphatic carbocycles. The Kier molecular flexibility index (Phi) is 3.19. The zero-order valence-electron chi connectivity index (χ0n) is 8.92. The quantitative estimate of drug-likeness (QED) is 0.808. The highest BCUT2D eigenvalue weighted by Gasteiger charge is 2.26. The normalized spacial score (nSPS) is 16.5. The Balaban J connectivity index is 1.78. The second-order valence-corrected chi connectivity index (χ2v) is 5.20. The molecule has 0 unspecified atom stereocenters. The maximum Gasteiger partial charge on any atom is 0.0959 e. The van der Waals surface area contributed by atoms with E-state index < -0.39 is 0 Å². The first-order valence-corrected chi connectivity index (χ1v) is 6.31. The van der Waals surface area contributed by atoms with Crippen molar-refractivity contribution in [3.05, 3.63) is 16.1 Å². The van der Waals surface area contributed by atoms with E-state index in [2.05, 4.69) is 29.5 Å². The Morgan fingerprint density at radius 3 is 3.00 bits per heavy atom. The SMILES string of the molecule is CC(C)NCCc1csc(C2CC2)n1. The lowest BCUT2D eigenvalue weighted by Gasteiger charge is -2.05. The lowest BCUT2D eigenvalue weighted by Crippen LogP contribution is -2.25. The highest BCUT2D eigenvalue weighted by atomic mass is 32.1. The van der Waals surface area contributed by atoms with Crippen molar-refractivity contribution in [2.45, 2.75) is 45.1 Å². The molecule has 0 aliphatic heterocycles. The lowest BCUT2D eigenvalue weighted by atomic mass is 10.3. The molecule has 0 spiro atoms. The third-order valence-corrected chi connectivity index (χ3v) is 3.49. The number of thiazole rings is 1. The fraction of sp³-hybridized carbons (Fsp3) is 0.727. The number of hydrogen-bond donors (Lipinski definition) is 1. The molecule has 1 aliphatic rings. The van der Waals surface area contributed by atoms with E-state index in [1.165, 1.54) is 23.5 Å². The van der Waals surface area contributed by atoms with Gasteiger partial charge in [-0.25, -0.2) is 4.98 Å². The largest absolute Gasteiger partial charge is 0.314 e. The summed E-state index contributed by atoms with van der Waals surface area (Å²) in [6.45, 7) is 5.40. The van der Waals surface area contributed by atoms with E-state index in [1.807, 2.05) is 11.3 Å². The second kappa shape index (κ2) is 4.41. The van der Waals surface area contributed by atoms with Crippen LogP contribution < -0.4 is 5.32 Å². The summed E-state index contributed by atoms with van der Waals surface area (Å²) < 4.78 is 0. The first kappa shape index (κ1) is 10.1. The van der Waals surface area contributed by atoms with Crippen molar-refractivity contribution >= 4 is 11.3 Å². The van der Waals surface area contributed by atoms with E-state index >= 15 is 0 Å². The van der Waals surface area contributed by atoms with Gasteiger partial charge in [-0.2, -0.15) is 0 Å². The van der Waals surface area contributed by atoms with Crippen LogP contribution >= 0.6 is 11.3 Å². The van der Waals surface area contributed by atoms with Gasteiger partial charge in [0.2, 0.25) is 0 Å². The highest BCUT2D eigenvalue weighted by molar-refractivity contribution is 7.09. The van der Waals surface area contributed by atoms with E-state index in [4.69, 9.17) is 0 Å². The maximum atomic E-state index is 4.65. The van der Waals surface area contributed by atoms with Crippen LogP contribution in [-0.4, -0.2) is 17.6 Å². The average Bonchev–Trinajstić information content (AvgIpc) is 2.87. The van der Waals surface area contributed by atoms with Gasteiger partial charge in [-0.15, -0.1) is 11.3 Å². The molecule has 78 valence electrons. The Hall–Kier alpha value is -0.410. The van der Waals surface area contributed by atoms with Crippen LogP contribution in [0.5, 0.6) is 0 Å². The summed E-state index contributed by atoms with van der Waals surface area (Å²) in [7, 11) is 0. The molecule has 2 rings (SSSR count). The minimum atomic E-state index is 0.580. The van der Waals surface area contributed by atoms with Crippen molar-refractivity contribution in [2.75, 3.05) is 6.54 Å². The van der Waals surface area contributed by atoms with Gasteiger partial charge >= 0.3 is 0 Å². The first-order valence-electron chi connectivity index (χ1n) is 5.43. The number of hydrogen-bond acceptors (Lipinski definition) is 3. The summed E-state index contributed by atoms with van der Waals surface area (Å²) >= 11 is 1.84. The van der Waals surface area contributed by atoms with E-state index in [-0.39, 0.29) is 0 Å². The molecule has 1 N–H and O–H groups in total. The number of rotatable bonds is 5. The molecule has 1 fully saturated rings. The van der Waals surface area contributed by atoms with Crippen LogP contribution in [-0.2, 0) is 6.42 Å². The minimum absolute atomic E-state index is 0.580. The third kappa shape index (κ3) is 2.79. The summed E-state index contributed by atoms with van der Waals surface area (Å²) in [5, 5.41) is 7.00. The first-order chi connectivity index (χ1) is 6.75. The van der Waals surface area contributed by atoms with E-state index in [9.17, 15) is 0 Å². The summed E-state index contributed by atoms with van der Waals surface area (Å²) in [6, 6.07) is 0.580. The van der Waals surface area contributed by atoms with Gasteiger partial charge in [-0.05, 0) is 12.8 Å². The molecule has 1 aromatic heterocycles. The molecule has 2 nitrogen and oxygen atoms in total. The van der Waals surface area contributed by atoms with Gasteiger partial charge in [0.1, 0.15) is 0 Å². The van der Waals surface area contributed by atoms with Crippen LogP contribution in [0.3, 0.4) is 0 Å². The van der Waals surface area contributed by atoms with Gasteiger partial charge in [0, 0.05) is 30.3 Å². The fourth-order valence-corrected chi connectivity index (χ4v) is 2.47.